The number of benzene rings is 1. The summed E-state index contributed by atoms with van der Waals surface area (Å²) >= 11 is 0. The third-order valence-electron chi connectivity index (χ3n) is 5.28. The second-order valence-corrected chi connectivity index (χ2v) is 7.02. The molecule has 28 heavy (non-hydrogen) atoms. The minimum absolute atomic E-state index is 0.177. The van der Waals surface area contributed by atoms with Crippen LogP contribution in [0.25, 0.3) is 22.3 Å². The summed E-state index contributed by atoms with van der Waals surface area (Å²) in [4.78, 5) is 46.8. The van der Waals surface area contributed by atoms with Gasteiger partial charge < -0.3 is 4.90 Å². The topological polar surface area (TPSA) is 92.3 Å². The zero-order valence-corrected chi connectivity index (χ0v) is 14.9. The fourth-order valence-electron chi connectivity index (χ4n) is 3.85. The number of rotatable bonds is 2. The van der Waals surface area contributed by atoms with E-state index in [4.69, 9.17) is 0 Å². The predicted molar refractivity (Wildman–Crippen MR) is 101 cm³/mol. The van der Waals surface area contributed by atoms with E-state index in [1.165, 1.54) is 0 Å². The second-order valence-electron chi connectivity index (χ2n) is 7.02. The van der Waals surface area contributed by atoms with Gasteiger partial charge in [-0.15, -0.1) is 0 Å². The van der Waals surface area contributed by atoms with Crippen molar-refractivity contribution in [2.45, 2.75) is 25.4 Å². The van der Waals surface area contributed by atoms with Crippen molar-refractivity contribution < 1.29 is 14.4 Å². The van der Waals surface area contributed by atoms with Crippen molar-refractivity contribution in [1.82, 2.24) is 20.2 Å². The van der Waals surface area contributed by atoms with Crippen LogP contribution in [0.15, 0.2) is 48.7 Å². The SMILES string of the molecule is O=C1CC[C@H](N2Cc3cc(-c4ccc5cccnc5n4)ccc3C2=O)C(=O)N1. The summed E-state index contributed by atoms with van der Waals surface area (Å²) in [5.41, 5.74) is 3.79. The van der Waals surface area contributed by atoms with Crippen LogP contribution in [0.4, 0.5) is 0 Å². The van der Waals surface area contributed by atoms with Crippen LogP contribution in [0.2, 0.25) is 0 Å². The lowest BCUT2D eigenvalue weighted by Gasteiger charge is -2.29. The molecule has 138 valence electrons. The first-order valence-corrected chi connectivity index (χ1v) is 9.10. The smallest absolute Gasteiger partial charge is 0.255 e. The maximum Gasteiger partial charge on any atom is 0.255 e. The van der Waals surface area contributed by atoms with E-state index < -0.39 is 11.9 Å². The lowest BCUT2D eigenvalue weighted by molar-refractivity contribution is -0.136. The Morgan fingerprint density at radius 1 is 1.07 bits per heavy atom. The molecule has 0 aliphatic carbocycles. The number of piperidine rings is 1. The quantitative estimate of drug-likeness (QED) is 0.695. The number of amides is 3. The molecule has 4 heterocycles. The molecule has 0 spiro atoms. The van der Waals surface area contributed by atoms with E-state index in [2.05, 4.69) is 15.3 Å². The van der Waals surface area contributed by atoms with E-state index in [-0.39, 0.29) is 18.2 Å². The van der Waals surface area contributed by atoms with E-state index >= 15 is 0 Å². The van der Waals surface area contributed by atoms with Crippen LogP contribution in [-0.2, 0) is 16.1 Å². The average Bonchev–Trinajstić information content (AvgIpc) is 3.03. The summed E-state index contributed by atoms with van der Waals surface area (Å²) in [6.07, 6.45) is 2.31. The summed E-state index contributed by atoms with van der Waals surface area (Å²) in [5, 5.41) is 3.28. The van der Waals surface area contributed by atoms with Gasteiger partial charge in [-0.25, -0.2) is 9.97 Å². The third kappa shape index (κ3) is 2.63. The first-order valence-electron chi connectivity index (χ1n) is 9.10. The Hall–Kier alpha value is -3.61. The molecule has 1 atom stereocenters. The zero-order valence-electron chi connectivity index (χ0n) is 14.9. The van der Waals surface area contributed by atoms with Crippen molar-refractivity contribution in [3.05, 3.63) is 59.8 Å². The molecule has 5 rings (SSSR count). The van der Waals surface area contributed by atoms with Gasteiger partial charge in [0, 0.05) is 35.7 Å². The third-order valence-corrected chi connectivity index (χ3v) is 5.28. The normalized spacial score (nSPS) is 19.1. The molecule has 7 nitrogen and oxygen atoms in total. The highest BCUT2D eigenvalue weighted by molar-refractivity contribution is 6.05. The minimum Gasteiger partial charge on any atom is -0.322 e. The van der Waals surface area contributed by atoms with E-state index in [0.717, 1.165) is 22.2 Å². The number of hydrogen-bond donors (Lipinski definition) is 1. The highest BCUT2D eigenvalue weighted by atomic mass is 16.2. The minimum atomic E-state index is -0.607. The van der Waals surface area contributed by atoms with Crippen molar-refractivity contribution in [3.8, 4) is 11.3 Å². The standard InChI is InChI=1S/C21H16N4O3/c26-18-8-7-17(20(27)24-18)25-11-14-10-13(3-5-15(14)21(25)28)16-6-4-12-2-1-9-22-19(12)23-16/h1-6,9-10,17H,7-8,11H2,(H,24,26,27)/t17-/m0/s1. The van der Waals surface area contributed by atoms with Gasteiger partial charge in [0.1, 0.15) is 6.04 Å². The van der Waals surface area contributed by atoms with Gasteiger partial charge in [-0.1, -0.05) is 6.07 Å². The monoisotopic (exact) mass is 372 g/mol. The Labute approximate surface area is 160 Å². The molecular weight excluding hydrogens is 356 g/mol. The number of aromatic nitrogens is 2. The lowest BCUT2D eigenvalue weighted by atomic mass is 10.0. The molecule has 3 amide bonds. The molecule has 2 aliphatic rings. The summed E-state index contributed by atoms with van der Waals surface area (Å²) in [5.74, 6) is -0.868. The fraction of sp³-hybridized carbons (Fsp3) is 0.190. The van der Waals surface area contributed by atoms with Crippen molar-refractivity contribution >= 4 is 28.8 Å². The van der Waals surface area contributed by atoms with E-state index in [1.54, 1.807) is 17.2 Å². The second kappa shape index (κ2) is 6.23. The summed E-state index contributed by atoms with van der Waals surface area (Å²) in [7, 11) is 0. The molecule has 7 heteroatoms. The van der Waals surface area contributed by atoms with Crippen molar-refractivity contribution in [3.63, 3.8) is 0 Å². The van der Waals surface area contributed by atoms with Crippen LogP contribution in [0.1, 0.15) is 28.8 Å². The Kier molecular flexibility index (Phi) is 3.68. The largest absolute Gasteiger partial charge is 0.322 e. The highest BCUT2D eigenvalue weighted by Gasteiger charge is 2.39. The molecule has 1 aromatic carbocycles. The van der Waals surface area contributed by atoms with E-state index in [9.17, 15) is 14.4 Å². The fourth-order valence-corrected chi connectivity index (χ4v) is 3.85. The number of imide groups is 1. The van der Waals surface area contributed by atoms with E-state index in [0.29, 0.717) is 24.2 Å². The Bertz CT molecular complexity index is 1160. The van der Waals surface area contributed by atoms with Crippen LogP contribution in [-0.4, -0.2) is 38.6 Å². The Balaban J connectivity index is 1.47. The number of hydrogen-bond acceptors (Lipinski definition) is 5. The average molecular weight is 372 g/mol. The summed E-state index contributed by atoms with van der Waals surface area (Å²) in [6.45, 7) is 0.347. The van der Waals surface area contributed by atoms with Gasteiger partial charge in [-0.05, 0) is 48.4 Å². The molecule has 0 saturated carbocycles. The van der Waals surface area contributed by atoms with Gasteiger partial charge in [0.05, 0.1) is 5.69 Å². The molecular formula is C21H16N4O3. The molecule has 2 aromatic heterocycles. The van der Waals surface area contributed by atoms with Gasteiger partial charge in [0.2, 0.25) is 11.8 Å². The number of pyridine rings is 2. The van der Waals surface area contributed by atoms with Gasteiger partial charge >= 0.3 is 0 Å². The number of carbonyl (C=O) groups is 3. The van der Waals surface area contributed by atoms with Crippen LogP contribution < -0.4 is 5.32 Å². The van der Waals surface area contributed by atoms with Gasteiger partial charge in [0.15, 0.2) is 5.65 Å². The highest BCUT2D eigenvalue weighted by Crippen LogP contribution is 2.31. The molecule has 0 unspecified atom stereocenters. The van der Waals surface area contributed by atoms with Crippen LogP contribution in [0.5, 0.6) is 0 Å². The van der Waals surface area contributed by atoms with Crippen molar-refractivity contribution in [2.75, 3.05) is 0 Å². The van der Waals surface area contributed by atoms with Gasteiger partial charge in [-0.3, -0.25) is 19.7 Å². The summed E-state index contributed by atoms with van der Waals surface area (Å²) in [6, 6.07) is 12.7. The maximum atomic E-state index is 12.8. The zero-order chi connectivity index (χ0) is 19.3. The van der Waals surface area contributed by atoms with Gasteiger partial charge in [-0.2, -0.15) is 0 Å². The van der Waals surface area contributed by atoms with Crippen molar-refractivity contribution in [1.29, 1.82) is 0 Å². The van der Waals surface area contributed by atoms with E-state index in [1.807, 2.05) is 36.4 Å². The number of nitrogens with zero attached hydrogens (tertiary/aromatic N) is 3. The number of carbonyl (C=O) groups excluding carboxylic acids is 3. The molecule has 0 radical (unpaired) electrons. The summed E-state index contributed by atoms with van der Waals surface area (Å²) < 4.78 is 0. The van der Waals surface area contributed by atoms with Crippen LogP contribution >= 0.6 is 0 Å². The molecule has 2 aliphatic heterocycles. The van der Waals surface area contributed by atoms with Crippen molar-refractivity contribution in [2.24, 2.45) is 0 Å². The Morgan fingerprint density at radius 3 is 2.82 bits per heavy atom. The molecule has 0 bridgehead atoms. The van der Waals surface area contributed by atoms with Crippen LogP contribution in [0.3, 0.4) is 0 Å². The predicted octanol–water partition coefficient (Wildman–Crippen LogP) is 2.06. The Morgan fingerprint density at radius 2 is 1.96 bits per heavy atom. The van der Waals surface area contributed by atoms with Gasteiger partial charge in [0.25, 0.3) is 5.91 Å². The van der Waals surface area contributed by atoms with Crippen LogP contribution in [0, 0.1) is 0 Å². The molecule has 3 aromatic rings. The first kappa shape index (κ1) is 16.6. The molecule has 1 fully saturated rings. The maximum absolute atomic E-state index is 12.8. The number of fused-ring (bicyclic) bond motifs is 2. The molecule has 1 N–H and O–H groups in total. The first-order chi connectivity index (χ1) is 13.6. The lowest BCUT2D eigenvalue weighted by Crippen LogP contribution is -2.52. The number of nitrogens with one attached hydrogen (secondary N) is 1. The molecule has 1 saturated heterocycles.